The number of rotatable bonds is 4. The van der Waals surface area contributed by atoms with Crippen LogP contribution < -0.4 is 5.32 Å². The summed E-state index contributed by atoms with van der Waals surface area (Å²) in [6.45, 7) is 5.64. The van der Waals surface area contributed by atoms with Crippen LogP contribution in [-0.2, 0) is 0 Å². The van der Waals surface area contributed by atoms with Crippen LogP contribution in [-0.4, -0.2) is 30.6 Å². The molecule has 2 heterocycles. The second kappa shape index (κ2) is 5.87. The van der Waals surface area contributed by atoms with E-state index in [1.54, 1.807) is 0 Å². The standard InChI is InChI=1S/C18H28N2/c1-13-5-4-6-16(9-13)14(2)19-12-15-10-17-7-8-18(11-15)20(17)3/h4-6,9,14-15,17-19H,7-8,10-12H2,1-3H3. The zero-order valence-electron chi connectivity index (χ0n) is 13.1. The lowest BCUT2D eigenvalue weighted by molar-refractivity contribution is 0.131. The summed E-state index contributed by atoms with van der Waals surface area (Å²) in [7, 11) is 2.32. The first-order valence-electron chi connectivity index (χ1n) is 8.15. The molecular formula is C18H28N2. The Kier molecular flexibility index (Phi) is 4.13. The second-order valence-corrected chi connectivity index (χ2v) is 6.93. The molecule has 2 fully saturated rings. The van der Waals surface area contributed by atoms with E-state index >= 15 is 0 Å². The number of piperidine rings is 1. The van der Waals surface area contributed by atoms with Crippen LogP contribution in [0.2, 0.25) is 0 Å². The summed E-state index contributed by atoms with van der Waals surface area (Å²) in [5.41, 5.74) is 2.77. The average Bonchev–Trinajstić information content (AvgIpc) is 2.66. The van der Waals surface area contributed by atoms with Gasteiger partial charge in [-0.1, -0.05) is 29.8 Å². The summed E-state index contributed by atoms with van der Waals surface area (Å²) in [4.78, 5) is 2.63. The Morgan fingerprint density at radius 2 is 1.95 bits per heavy atom. The van der Waals surface area contributed by atoms with Gasteiger partial charge in [-0.3, -0.25) is 0 Å². The third kappa shape index (κ3) is 2.91. The Bertz CT molecular complexity index is 442. The molecule has 3 atom stereocenters. The molecule has 0 amide bonds. The maximum absolute atomic E-state index is 3.76. The van der Waals surface area contributed by atoms with Crippen molar-refractivity contribution in [3.63, 3.8) is 0 Å². The van der Waals surface area contributed by atoms with Gasteiger partial charge >= 0.3 is 0 Å². The minimum absolute atomic E-state index is 0.465. The minimum atomic E-state index is 0.465. The molecule has 20 heavy (non-hydrogen) atoms. The number of hydrogen-bond acceptors (Lipinski definition) is 2. The second-order valence-electron chi connectivity index (χ2n) is 6.93. The SMILES string of the molecule is Cc1cccc(C(C)NCC2CC3CCC(C2)N3C)c1. The lowest BCUT2D eigenvalue weighted by atomic mass is 9.90. The highest BCUT2D eigenvalue weighted by Gasteiger charge is 2.38. The fourth-order valence-corrected chi connectivity index (χ4v) is 4.09. The van der Waals surface area contributed by atoms with Gasteiger partial charge in [0, 0.05) is 18.1 Å². The molecule has 1 aromatic rings. The molecule has 0 saturated carbocycles. The summed E-state index contributed by atoms with van der Waals surface area (Å²) in [5.74, 6) is 0.871. The van der Waals surface area contributed by atoms with Crippen molar-refractivity contribution >= 4 is 0 Å². The van der Waals surface area contributed by atoms with Crippen LogP contribution in [0.15, 0.2) is 24.3 Å². The van der Waals surface area contributed by atoms with Gasteiger partial charge in [-0.15, -0.1) is 0 Å². The van der Waals surface area contributed by atoms with E-state index < -0.39 is 0 Å². The quantitative estimate of drug-likeness (QED) is 0.902. The van der Waals surface area contributed by atoms with Crippen LogP contribution >= 0.6 is 0 Å². The minimum Gasteiger partial charge on any atom is -0.310 e. The smallest absolute Gasteiger partial charge is 0.0292 e. The highest BCUT2D eigenvalue weighted by atomic mass is 15.2. The van der Waals surface area contributed by atoms with Crippen LogP contribution in [0.5, 0.6) is 0 Å². The van der Waals surface area contributed by atoms with E-state index in [1.807, 2.05) is 0 Å². The Hall–Kier alpha value is -0.860. The fourth-order valence-electron chi connectivity index (χ4n) is 4.09. The van der Waals surface area contributed by atoms with Crippen molar-refractivity contribution in [1.82, 2.24) is 10.2 Å². The van der Waals surface area contributed by atoms with E-state index in [0.717, 1.165) is 18.0 Å². The topological polar surface area (TPSA) is 15.3 Å². The molecule has 110 valence electrons. The number of nitrogens with one attached hydrogen (secondary N) is 1. The maximum Gasteiger partial charge on any atom is 0.0292 e. The summed E-state index contributed by atoms with van der Waals surface area (Å²) >= 11 is 0. The first kappa shape index (κ1) is 14.1. The van der Waals surface area contributed by atoms with Gasteiger partial charge in [0.05, 0.1) is 0 Å². The average molecular weight is 272 g/mol. The maximum atomic E-state index is 3.76. The highest BCUT2D eigenvalue weighted by Crippen LogP contribution is 2.37. The predicted octanol–water partition coefficient (Wildman–Crippen LogP) is 3.52. The fraction of sp³-hybridized carbons (Fsp3) is 0.667. The van der Waals surface area contributed by atoms with E-state index in [4.69, 9.17) is 0 Å². The largest absolute Gasteiger partial charge is 0.310 e. The Labute approximate surface area is 123 Å². The number of aryl methyl sites for hydroxylation is 1. The van der Waals surface area contributed by atoms with Crippen molar-refractivity contribution in [2.75, 3.05) is 13.6 Å². The molecule has 1 aromatic carbocycles. The molecule has 0 aliphatic carbocycles. The van der Waals surface area contributed by atoms with Gasteiger partial charge < -0.3 is 10.2 Å². The van der Waals surface area contributed by atoms with Crippen LogP contribution in [0.25, 0.3) is 0 Å². The highest BCUT2D eigenvalue weighted by molar-refractivity contribution is 5.24. The molecule has 2 saturated heterocycles. The van der Waals surface area contributed by atoms with Crippen molar-refractivity contribution < 1.29 is 0 Å². The van der Waals surface area contributed by atoms with Crippen molar-refractivity contribution in [3.05, 3.63) is 35.4 Å². The van der Waals surface area contributed by atoms with Crippen LogP contribution in [0.3, 0.4) is 0 Å². The van der Waals surface area contributed by atoms with Crippen molar-refractivity contribution in [2.24, 2.45) is 5.92 Å². The Morgan fingerprint density at radius 1 is 1.25 bits per heavy atom. The van der Waals surface area contributed by atoms with E-state index in [2.05, 4.69) is 55.4 Å². The van der Waals surface area contributed by atoms with Crippen LogP contribution in [0.4, 0.5) is 0 Å². The van der Waals surface area contributed by atoms with Crippen molar-refractivity contribution in [3.8, 4) is 0 Å². The van der Waals surface area contributed by atoms with Gasteiger partial charge in [-0.05, 0) is 64.6 Å². The van der Waals surface area contributed by atoms with Gasteiger partial charge in [0.25, 0.3) is 0 Å². The van der Waals surface area contributed by atoms with Gasteiger partial charge in [0.15, 0.2) is 0 Å². The van der Waals surface area contributed by atoms with Crippen molar-refractivity contribution in [2.45, 2.75) is 57.7 Å². The molecule has 0 spiro atoms. The number of fused-ring (bicyclic) bond motifs is 2. The summed E-state index contributed by atoms with van der Waals surface area (Å²) in [6.07, 6.45) is 5.62. The number of hydrogen-bond donors (Lipinski definition) is 1. The molecule has 2 aliphatic rings. The lowest BCUT2D eigenvalue weighted by Crippen LogP contribution is -2.42. The molecule has 0 aromatic heterocycles. The van der Waals surface area contributed by atoms with Gasteiger partial charge in [0.1, 0.15) is 0 Å². The molecule has 3 rings (SSSR count). The molecule has 3 unspecified atom stereocenters. The first-order valence-corrected chi connectivity index (χ1v) is 8.15. The van der Waals surface area contributed by atoms with E-state index in [1.165, 1.54) is 43.4 Å². The lowest BCUT2D eigenvalue weighted by Gasteiger charge is -2.36. The zero-order chi connectivity index (χ0) is 14.1. The summed E-state index contributed by atoms with van der Waals surface area (Å²) in [6, 6.07) is 11.1. The van der Waals surface area contributed by atoms with E-state index in [9.17, 15) is 0 Å². The molecule has 2 heteroatoms. The third-order valence-corrected chi connectivity index (χ3v) is 5.45. The Balaban J connectivity index is 1.52. The number of nitrogens with zero attached hydrogens (tertiary/aromatic N) is 1. The van der Waals surface area contributed by atoms with Crippen LogP contribution in [0, 0.1) is 12.8 Å². The molecule has 2 aliphatic heterocycles. The zero-order valence-corrected chi connectivity index (χ0v) is 13.1. The summed E-state index contributed by atoms with van der Waals surface area (Å²) in [5, 5.41) is 3.76. The first-order chi connectivity index (χ1) is 9.63. The number of benzene rings is 1. The Morgan fingerprint density at radius 3 is 2.60 bits per heavy atom. The van der Waals surface area contributed by atoms with Gasteiger partial charge in [-0.25, -0.2) is 0 Å². The van der Waals surface area contributed by atoms with E-state index in [0.29, 0.717) is 6.04 Å². The molecule has 2 nitrogen and oxygen atoms in total. The van der Waals surface area contributed by atoms with Crippen LogP contribution in [0.1, 0.15) is 49.8 Å². The third-order valence-electron chi connectivity index (χ3n) is 5.45. The monoisotopic (exact) mass is 272 g/mol. The van der Waals surface area contributed by atoms with Crippen molar-refractivity contribution in [1.29, 1.82) is 0 Å². The van der Waals surface area contributed by atoms with E-state index in [-0.39, 0.29) is 0 Å². The summed E-state index contributed by atoms with van der Waals surface area (Å²) < 4.78 is 0. The molecular weight excluding hydrogens is 244 g/mol. The predicted molar refractivity (Wildman–Crippen MR) is 84.9 cm³/mol. The van der Waals surface area contributed by atoms with Gasteiger partial charge in [0.2, 0.25) is 0 Å². The molecule has 1 N–H and O–H groups in total. The van der Waals surface area contributed by atoms with Gasteiger partial charge in [-0.2, -0.15) is 0 Å². The normalized spacial score (nSPS) is 31.4. The molecule has 2 bridgehead atoms. The molecule has 0 radical (unpaired) electrons.